The molecule has 0 aliphatic rings. The average molecular weight is 156 g/mol. The van der Waals surface area contributed by atoms with Gasteiger partial charge in [0.05, 0.1) is 19.1 Å². The monoisotopic (exact) mass is 156 g/mol. The van der Waals surface area contributed by atoms with Gasteiger partial charge in [-0.1, -0.05) is 0 Å². The van der Waals surface area contributed by atoms with Crippen LogP contribution in [0, 0.1) is 0 Å². The van der Waals surface area contributed by atoms with E-state index in [1.54, 1.807) is 13.8 Å². The number of aliphatic hydroxyl groups is 1. The van der Waals surface area contributed by atoms with E-state index in [1.807, 2.05) is 0 Å². The Hall–Kier alpha value is 0.430. The molecule has 0 rings (SSSR count). The van der Waals surface area contributed by atoms with Crippen LogP contribution in [0.1, 0.15) is 20.3 Å². The second kappa shape index (κ2) is 7.54. The number of hydrogen-bond acceptors (Lipinski definition) is 3. The fourth-order valence-corrected chi connectivity index (χ4v) is 0.461. The maximum absolute atomic E-state index is 10.5. The van der Waals surface area contributed by atoms with E-state index in [1.165, 1.54) is 0 Å². The second-order valence-corrected chi connectivity index (χ2v) is 1.86. The van der Waals surface area contributed by atoms with Crippen LogP contribution < -0.4 is 0 Å². The number of ether oxygens (including phenoxy) is 1. The van der Waals surface area contributed by atoms with Gasteiger partial charge >= 0.3 is 35.5 Å². The summed E-state index contributed by atoms with van der Waals surface area (Å²) in [5.74, 6) is -0.340. The molecule has 0 aliphatic heterocycles. The van der Waals surface area contributed by atoms with E-state index in [2.05, 4.69) is 4.74 Å². The third-order valence-corrected chi connectivity index (χ3v) is 0.767. The summed E-state index contributed by atoms with van der Waals surface area (Å²) in [4.78, 5) is 10.5. The molecule has 1 atom stereocenters. The Morgan fingerprint density at radius 3 is 2.50 bits per heavy atom. The van der Waals surface area contributed by atoms with Crippen LogP contribution in [0.4, 0.5) is 0 Å². The number of carbonyl (C=O) groups is 1. The molecule has 0 saturated carbocycles. The van der Waals surface area contributed by atoms with Gasteiger partial charge in [0.15, 0.2) is 0 Å². The molecule has 1 N–H and O–H groups in total. The third kappa shape index (κ3) is 8.43. The molecule has 3 nitrogen and oxygen atoms in total. The van der Waals surface area contributed by atoms with Crippen LogP contribution in [0.5, 0.6) is 0 Å². The predicted octanol–water partition coefficient (Wildman–Crippen LogP) is -0.328. The van der Waals surface area contributed by atoms with Crippen LogP contribution >= 0.6 is 0 Å². The Balaban J connectivity index is 0. The topological polar surface area (TPSA) is 46.5 Å². The SMILES string of the molecule is CCOC(=O)CC(C)O.[NaH]. The first kappa shape index (κ1) is 13.1. The molecule has 0 bridgehead atoms. The van der Waals surface area contributed by atoms with Crippen molar-refractivity contribution >= 4 is 35.5 Å². The molecule has 0 fully saturated rings. The summed E-state index contributed by atoms with van der Waals surface area (Å²) in [7, 11) is 0. The molecule has 0 amide bonds. The van der Waals surface area contributed by atoms with Crippen LogP contribution in [0.25, 0.3) is 0 Å². The normalized spacial score (nSPS) is 11.5. The molecule has 1 unspecified atom stereocenters. The van der Waals surface area contributed by atoms with E-state index < -0.39 is 6.10 Å². The Labute approximate surface area is 83.0 Å². The van der Waals surface area contributed by atoms with Crippen LogP contribution in [0.3, 0.4) is 0 Å². The van der Waals surface area contributed by atoms with Crippen molar-refractivity contribution < 1.29 is 14.6 Å². The molecule has 0 saturated heterocycles. The third-order valence-electron chi connectivity index (χ3n) is 0.767. The van der Waals surface area contributed by atoms with Crippen molar-refractivity contribution in [2.75, 3.05) is 6.61 Å². The van der Waals surface area contributed by atoms with Crippen LogP contribution in [-0.4, -0.2) is 53.3 Å². The Bertz CT molecular complexity index is 93.0. The van der Waals surface area contributed by atoms with Gasteiger partial charge in [0, 0.05) is 0 Å². The Kier molecular flexibility index (Phi) is 9.84. The van der Waals surface area contributed by atoms with Gasteiger partial charge in [0.1, 0.15) is 0 Å². The quantitative estimate of drug-likeness (QED) is 0.449. The van der Waals surface area contributed by atoms with Crippen LogP contribution in [-0.2, 0) is 9.53 Å². The number of carbonyl (C=O) groups excluding carboxylic acids is 1. The number of rotatable bonds is 3. The van der Waals surface area contributed by atoms with E-state index in [9.17, 15) is 4.79 Å². The minimum atomic E-state index is -0.593. The molecule has 10 heavy (non-hydrogen) atoms. The fraction of sp³-hybridized carbons (Fsp3) is 0.833. The minimum absolute atomic E-state index is 0. The molecule has 4 heteroatoms. The summed E-state index contributed by atoms with van der Waals surface area (Å²) in [6.07, 6.45) is -0.502. The van der Waals surface area contributed by atoms with Crippen molar-refractivity contribution in [2.24, 2.45) is 0 Å². The summed E-state index contributed by atoms with van der Waals surface area (Å²) in [5.41, 5.74) is 0. The van der Waals surface area contributed by atoms with Gasteiger partial charge in [-0.05, 0) is 13.8 Å². The molecule has 0 aromatic heterocycles. The standard InChI is InChI=1S/C6H12O3.Na.H/c1-3-9-6(8)4-5(2)7;;/h5,7H,3-4H2,1-2H3;;. The first-order valence-electron chi connectivity index (χ1n) is 3.00. The summed E-state index contributed by atoms with van der Waals surface area (Å²) in [6, 6.07) is 0. The van der Waals surface area contributed by atoms with Crippen molar-refractivity contribution in [2.45, 2.75) is 26.4 Å². The second-order valence-electron chi connectivity index (χ2n) is 1.86. The molecule has 0 aromatic rings. The summed E-state index contributed by atoms with van der Waals surface area (Å²) in [5, 5.41) is 8.65. The van der Waals surface area contributed by atoms with Crippen LogP contribution in [0.15, 0.2) is 0 Å². The van der Waals surface area contributed by atoms with E-state index in [-0.39, 0.29) is 41.9 Å². The number of esters is 1. The fourth-order valence-electron chi connectivity index (χ4n) is 0.461. The van der Waals surface area contributed by atoms with Crippen molar-refractivity contribution in [3.63, 3.8) is 0 Å². The van der Waals surface area contributed by atoms with Crippen molar-refractivity contribution in [1.29, 1.82) is 0 Å². The maximum atomic E-state index is 10.5. The average Bonchev–Trinajstić information content (AvgIpc) is 1.63. The first-order valence-corrected chi connectivity index (χ1v) is 3.00. The van der Waals surface area contributed by atoms with E-state index in [0.29, 0.717) is 6.61 Å². The van der Waals surface area contributed by atoms with Gasteiger partial charge in [0.2, 0.25) is 0 Å². The van der Waals surface area contributed by atoms with E-state index >= 15 is 0 Å². The predicted molar refractivity (Wildman–Crippen MR) is 40.1 cm³/mol. The molecule has 0 spiro atoms. The summed E-state index contributed by atoms with van der Waals surface area (Å²) < 4.78 is 4.55. The zero-order valence-electron chi connectivity index (χ0n) is 5.76. The zero-order valence-corrected chi connectivity index (χ0v) is 5.76. The van der Waals surface area contributed by atoms with Gasteiger partial charge in [-0.25, -0.2) is 0 Å². The van der Waals surface area contributed by atoms with Crippen molar-refractivity contribution in [3.8, 4) is 0 Å². The summed E-state index contributed by atoms with van der Waals surface area (Å²) >= 11 is 0. The molecule has 56 valence electrons. The van der Waals surface area contributed by atoms with Gasteiger partial charge in [-0.15, -0.1) is 0 Å². The number of aliphatic hydroxyl groups excluding tert-OH is 1. The Morgan fingerprint density at radius 2 is 2.20 bits per heavy atom. The van der Waals surface area contributed by atoms with Crippen LogP contribution in [0.2, 0.25) is 0 Å². The molecule has 0 aliphatic carbocycles. The van der Waals surface area contributed by atoms with Crippen molar-refractivity contribution in [3.05, 3.63) is 0 Å². The first-order chi connectivity index (χ1) is 4.16. The molecule has 0 radical (unpaired) electrons. The number of hydrogen-bond donors (Lipinski definition) is 1. The molecular formula is C6H13NaO3. The van der Waals surface area contributed by atoms with Gasteiger partial charge in [-0.3, -0.25) is 4.79 Å². The zero-order chi connectivity index (χ0) is 7.28. The van der Waals surface area contributed by atoms with Crippen molar-refractivity contribution in [1.82, 2.24) is 0 Å². The van der Waals surface area contributed by atoms with E-state index in [4.69, 9.17) is 5.11 Å². The summed E-state index contributed by atoms with van der Waals surface area (Å²) in [6.45, 7) is 3.67. The molecule has 0 aromatic carbocycles. The Morgan fingerprint density at radius 1 is 1.70 bits per heavy atom. The van der Waals surface area contributed by atoms with E-state index in [0.717, 1.165) is 0 Å². The molecule has 0 heterocycles. The molecular weight excluding hydrogens is 143 g/mol. The van der Waals surface area contributed by atoms with Gasteiger partial charge in [-0.2, -0.15) is 0 Å². The van der Waals surface area contributed by atoms with Gasteiger partial charge < -0.3 is 9.84 Å². The van der Waals surface area contributed by atoms with Gasteiger partial charge in [0.25, 0.3) is 0 Å².